The molecule has 4 nitrogen and oxygen atoms in total. The molecule has 1 heterocycles. The van der Waals surface area contributed by atoms with E-state index in [2.05, 4.69) is 105 Å². The molecule has 28 heavy (non-hydrogen) atoms. The highest BCUT2D eigenvalue weighted by molar-refractivity contribution is 6.50. The minimum Gasteiger partial charge on any atom is -0.425 e. The van der Waals surface area contributed by atoms with Crippen molar-refractivity contribution in [2.75, 3.05) is 14.1 Å². The van der Waals surface area contributed by atoms with E-state index in [1.807, 2.05) is 0 Å². The largest absolute Gasteiger partial charge is 0.425 e. The molecule has 0 spiro atoms. The quantitative estimate of drug-likeness (QED) is 0.472. The molecule has 0 amide bonds. The normalized spacial score (nSPS) is 16.8. The fourth-order valence-electron chi connectivity index (χ4n) is 3.45. The average Bonchev–Trinajstić information content (AvgIpc) is 2.77. The van der Waals surface area contributed by atoms with Crippen LogP contribution in [-0.2, 0) is 12.3 Å². The third-order valence-electron chi connectivity index (χ3n) is 4.80. The number of hydrogen-bond donors (Lipinski definition) is 0. The molecule has 1 aliphatic rings. The van der Waals surface area contributed by atoms with Crippen LogP contribution in [0.3, 0.4) is 0 Å². The SMILES string of the molecule is C[N+](C)(c1ccccc1)C(c1ccccc1)c1ccccc1.O1[SiH2]O[SiH2]O[SiH2]1. The van der Waals surface area contributed by atoms with Gasteiger partial charge in [0.2, 0.25) is 0 Å². The molecule has 0 aromatic heterocycles. The lowest BCUT2D eigenvalue weighted by molar-refractivity contribution is 0.336. The fraction of sp³-hybridized carbons (Fsp3) is 0.143. The lowest BCUT2D eigenvalue weighted by atomic mass is 9.95. The van der Waals surface area contributed by atoms with Crippen LogP contribution in [0.25, 0.3) is 0 Å². The van der Waals surface area contributed by atoms with E-state index < -0.39 is 30.0 Å². The van der Waals surface area contributed by atoms with Gasteiger partial charge in [-0.1, -0.05) is 78.9 Å². The average molecular weight is 427 g/mol. The third kappa shape index (κ3) is 5.58. The van der Waals surface area contributed by atoms with Crippen LogP contribution in [0.15, 0.2) is 91.0 Å². The summed E-state index contributed by atoms with van der Waals surface area (Å²) in [5, 5.41) is 0. The summed E-state index contributed by atoms with van der Waals surface area (Å²) in [6.07, 6.45) is 0. The first-order valence-electron chi connectivity index (χ1n) is 9.42. The Hall–Kier alpha value is -1.85. The van der Waals surface area contributed by atoms with E-state index in [1.54, 1.807) is 0 Å². The van der Waals surface area contributed by atoms with Gasteiger partial charge in [0.15, 0.2) is 0 Å². The Morgan fingerprint density at radius 2 is 0.929 bits per heavy atom. The van der Waals surface area contributed by atoms with Crippen molar-refractivity contribution in [3.8, 4) is 0 Å². The number of hydrogen-bond acceptors (Lipinski definition) is 3. The summed E-state index contributed by atoms with van der Waals surface area (Å²) in [6.45, 7) is 0. The summed E-state index contributed by atoms with van der Waals surface area (Å²) in [7, 11) is 3.08. The van der Waals surface area contributed by atoms with E-state index in [4.69, 9.17) is 12.3 Å². The molecule has 4 rings (SSSR count). The van der Waals surface area contributed by atoms with Crippen molar-refractivity contribution in [2.24, 2.45) is 0 Å². The lowest BCUT2D eigenvalue weighted by Gasteiger charge is -2.38. The molecule has 0 radical (unpaired) electrons. The maximum Gasteiger partial charge on any atom is 0.286 e. The molecule has 146 valence electrons. The van der Waals surface area contributed by atoms with Crippen molar-refractivity contribution in [1.29, 1.82) is 0 Å². The molecule has 0 N–H and O–H groups in total. The van der Waals surface area contributed by atoms with E-state index in [1.165, 1.54) is 16.8 Å². The highest BCUT2D eigenvalue weighted by Gasteiger charge is 2.33. The topological polar surface area (TPSA) is 27.7 Å². The summed E-state index contributed by atoms with van der Waals surface area (Å²) in [5.74, 6) is 0. The van der Waals surface area contributed by atoms with Gasteiger partial charge in [0.05, 0.1) is 14.1 Å². The third-order valence-corrected chi connectivity index (χ3v) is 8.80. The van der Waals surface area contributed by atoms with Crippen molar-refractivity contribution in [1.82, 2.24) is 4.48 Å². The summed E-state index contributed by atoms with van der Waals surface area (Å²) in [6, 6.07) is 32.5. The molecule has 0 aliphatic carbocycles. The Balaban J connectivity index is 0.000000320. The van der Waals surface area contributed by atoms with Crippen molar-refractivity contribution >= 4 is 35.7 Å². The molecule has 0 bridgehead atoms. The molecule has 3 aromatic rings. The zero-order valence-corrected chi connectivity index (χ0v) is 20.8. The summed E-state index contributed by atoms with van der Waals surface area (Å²) in [4.78, 5) is 0. The zero-order chi connectivity index (χ0) is 19.7. The molecule has 0 saturated carbocycles. The van der Waals surface area contributed by atoms with Crippen LogP contribution in [0, 0.1) is 0 Å². The van der Waals surface area contributed by atoms with Gasteiger partial charge in [-0.2, -0.15) is 0 Å². The lowest BCUT2D eigenvalue weighted by Crippen LogP contribution is -2.44. The summed E-state index contributed by atoms with van der Waals surface area (Å²) >= 11 is 0. The molecule has 0 atom stereocenters. The number of rotatable bonds is 4. The van der Waals surface area contributed by atoms with Gasteiger partial charge < -0.3 is 12.3 Å². The van der Waals surface area contributed by atoms with Crippen LogP contribution in [0.5, 0.6) is 0 Å². The summed E-state index contributed by atoms with van der Waals surface area (Å²) < 4.78 is 15.6. The van der Waals surface area contributed by atoms with Crippen LogP contribution in [0.1, 0.15) is 17.2 Å². The van der Waals surface area contributed by atoms with Gasteiger partial charge in [-0.3, -0.25) is 4.48 Å². The van der Waals surface area contributed by atoms with Crippen LogP contribution in [-0.4, -0.2) is 44.1 Å². The molecular formula is C21H28NO3Si3+. The Morgan fingerprint density at radius 3 is 1.29 bits per heavy atom. The molecule has 1 aliphatic heterocycles. The first kappa shape index (κ1) is 20.9. The second-order valence-electron chi connectivity index (χ2n) is 7.07. The van der Waals surface area contributed by atoms with E-state index in [0.717, 1.165) is 4.48 Å². The molecule has 0 unspecified atom stereocenters. The zero-order valence-electron chi connectivity index (χ0n) is 16.5. The monoisotopic (exact) mass is 426 g/mol. The Labute approximate surface area is 174 Å². The molecule has 1 saturated heterocycles. The van der Waals surface area contributed by atoms with E-state index in [-0.39, 0.29) is 6.04 Å². The first-order chi connectivity index (χ1) is 13.7. The van der Waals surface area contributed by atoms with Crippen molar-refractivity contribution in [2.45, 2.75) is 6.04 Å². The Morgan fingerprint density at radius 1 is 0.571 bits per heavy atom. The predicted octanol–water partition coefficient (Wildman–Crippen LogP) is 2.09. The number of nitrogens with zero attached hydrogens (tertiary/aromatic N) is 1. The maximum atomic E-state index is 4.94. The fourth-order valence-corrected chi connectivity index (χ4v) is 8.86. The van der Waals surface area contributed by atoms with Crippen LogP contribution in [0.4, 0.5) is 5.69 Å². The minimum absolute atomic E-state index is 0.268. The highest BCUT2D eigenvalue weighted by Crippen LogP contribution is 2.36. The van der Waals surface area contributed by atoms with Crippen LogP contribution < -0.4 is 4.48 Å². The second kappa shape index (κ2) is 10.6. The summed E-state index contributed by atoms with van der Waals surface area (Å²) in [5.41, 5.74) is 3.98. The number of para-hydroxylation sites is 1. The van der Waals surface area contributed by atoms with Gasteiger partial charge >= 0.3 is 0 Å². The molecular weight excluding hydrogens is 398 g/mol. The van der Waals surface area contributed by atoms with Gasteiger partial charge in [0.1, 0.15) is 11.7 Å². The van der Waals surface area contributed by atoms with Gasteiger partial charge in [-0.25, -0.2) is 0 Å². The Bertz CT molecular complexity index is 765. The van der Waals surface area contributed by atoms with E-state index in [0.29, 0.717) is 0 Å². The van der Waals surface area contributed by atoms with Gasteiger partial charge in [-0.05, 0) is 12.1 Å². The van der Waals surface area contributed by atoms with Crippen LogP contribution in [0.2, 0.25) is 0 Å². The van der Waals surface area contributed by atoms with E-state index >= 15 is 0 Å². The van der Waals surface area contributed by atoms with Gasteiger partial charge in [0.25, 0.3) is 30.0 Å². The molecule has 1 fully saturated rings. The van der Waals surface area contributed by atoms with Crippen LogP contribution >= 0.6 is 0 Å². The Kier molecular flexibility index (Phi) is 7.92. The van der Waals surface area contributed by atoms with Crippen molar-refractivity contribution in [3.63, 3.8) is 0 Å². The number of benzene rings is 3. The molecule has 3 aromatic carbocycles. The van der Waals surface area contributed by atoms with Gasteiger partial charge in [0, 0.05) is 11.1 Å². The highest BCUT2D eigenvalue weighted by atomic mass is 28.4. The smallest absolute Gasteiger partial charge is 0.286 e. The van der Waals surface area contributed by atoms with Crippen molar-refractivity contribution < 1.29 is 12.3 Å². The number of quaternary nitrogens is 1. The van der Waals surface area contributed by atoms with Gasteiger partial charge in [-0.15, -0.1) is 0 Å². The first-order valence-corrected chi connectivity index (χ1v) is 12.9. The maximum absolute atomic E-state index is 4.94. The second-order valence-corrected chi connectivity index (χ2v) is 12.7. The van der Waals surface area contributed by atoms with Crippen molar-refractivity contribution in [3.05, 3.63) is 102 Å². The minimum atomic E-state index is -0.493. The predicted molar refractivity (Wildman–Crippen MR) is 124 cm³/mol. The standard InChI is InChI=1S/C21H22N.H6O3Si3/c1-22(2,20-16-10-5-11-17-20)21(18-12-6-3-7-13-18)19-14-8-4-9-15-19;1-4-2-6-3-5-1/h3-17,21H,1-2H3;4-6H2/q+1;. The molecule has 7 heteroatoms. The van der Waals surface area contributed by atoms with E-state index in [9.17, 15) is 0 Å².